The standard InChI is InChI=1S/C11H8BrN3O/c12-10-5-14-15(7-10)6-9-2-1-3-11(4-9)13-8-16/h1-5,7H,6H2. The molecule has 80 valence electrons. The van der Waals surface area contributed by atoms with Crippen molar-refractivity contribution < 1.29 is 4.79 Å². The van der Waals surface area contributed by atoms with Crippen molar-refractivity contribution in [2.75, 3.05) is 0 Å². The molecule has 0 aliphatic carbocycles. The molecule has 4 nitrogen and oxygen atoms in total. The third-order valence-electron chi connectivity index (χ3n) is 2.03. The third-order valence-corrected chi connectivity index (χ3v) is 2.44. The Morgan fingerprint density at radius 1 is 1.50 bits per heavy atom. The van der Waals surface area contributed by atoms with Crippen molar-refractivity contribution in [3.8, 4) is 0 Å². The van der Waals surface area contributed by atoms with Crippen LogP contribution in [-0.4, -0.2) is 15.9 Å². The van der Waals surface area contributed by atoms with Gasteiger partial charge in [-0.2, -0.15) is 10.1 Å². The molecule has 0 aliphatic heterocycles. The number of halogens is 1. The van der Waals surface area contributed by atoms with Crippen LogP contribution in [0.2, 0.25) is 0 Å². The molecule has 0 fully saturated rings. The third kappa shape index (κ3) is 2.66. The van der Waals surface area contributed by atoms with E-state index in [0.717, 1.165) is 10.0 Å². The summed E-state index contributed by atoms with van der Waals surface area (Å²) in [5, 5.41) is 4.15. The molecule has 0 spiro atoms. The predicted octanol–water partition coefficient (Wildman–Crippen LogP) is 2.66. The van der Waals surface area contributed by atoms with Gasteiger partial charge < -0.3 is 0 Å². The quantitative estimate of drug-likeness (QED) is 0.640. The topological polar surface area (TPSA) is 47.2 Å². The van der Waals surface area contributed by atoms with Gasteiger partial charge in [-0.3, -0.25) is 4.68 Å². The van der Waals surface area contributed by atoms with Gasteiger partial charge in [0.25, 0.3) is 0 Å². The highest BCUT2D eigenvalue weighted by atomic mass is 79.9. The van der Waals surface area contributed by atoms with Crippen molar-refractivity contribution in [1.82, 2.24) is 9.78 Å². The molecule has 0 amide bonds. The van der Waals surface area contributed by atoms with Gasteiger partial charge in [-0.05, 0) is 33.6 Å². The van der Waals surface area contributed by atoms with E-state index in [-0.39, 0.29) is 0 Å². The molecule has 16 heavy (non-hydrogen) atoms. The molecule has 2 rings (SSSR count). The summed E-state index contributed by atoms with van der Waals surface area (Å²) in [4.78, 5) is 13.7. The summed E-state index contributed by atoms with van der Waals surface area (Å²) in [6.45, 7) is 0.647. The number of carbonyl (C=O) groups excluding carboxylic acids is 1. The average molecular weight is 278 g/mol. The minimum atomic E-state index is 0.610. The Kier molecular flexibility index (Phi) is 3.29. The first-order chi connectivity index (χ1) is 7.78. The second-order valence-electron chi connectivity index (χ2n) is 3.23. The van der Waals surface area contributed by atoms with E-state index in [2.05, 4.69) is 26.0 Å². The molecule has 0 aliphatic rings. The van der Waals surface area contributed by atoms with E-state index in [4.69, 9.17) is 0 Å². The number of benzene rings is 1. The maximum absolute atomic E-state index is 10.1. The molecule has 0 unspecified atom stereocenters. The van der Waals surface area contributed by atoms with Crippen molar-refractivity contribution in [2.24, 2.45) is 4.99 Å². The maximum Gasteiger partial charge on any atom is 0.240 e. The van der Waals surface area contributed by atoms with Crippen molar-refractivity contribution in [1.29, 1.82) is 0 Å². The molecule has 0 saturated carbocycles. The Morgan fingerprint density at radius 3 is 3.06 bits per heavy atom. The molecule has 0 bridgehead atoms. The highest BCUT2D eigenvalue weighted by Gasteiger charge is 1.98. The Bertz CT molecular complexity index is 544. The zero-order valence-corrected chi connectivity index (χ0v) is 9.89. The van der Waals surface area contributed by atoms with E-state index in [9.17, 15) is 4.79 Å². The Balaban J connectivity index is 2.21. The number of isocyanates is 1. The number of aromatic nitrogens is 2. The fraction of sp³-hybridized carbons (Fsp3) is 0.0909. The van der Waals surface area contributed by atoms with Gasteiger partial charge in [0.05, 0.1) is 22.9 Å². The van der Waals surface area contributed by atoms with Crippen LogP contribution in [0.1, 0.15) is 5.56 Å². The second kappa shape index (κ2) is 4.88. The lowest BCUT2D eigenvalue weighted by Crippen LogP contribution is -1.99. The van der Waals surface area contributed by atoms with Gasteiger partial charge >= 0.3 is 0 Å². The lowest BCUT2D eigenvalue weighted by molar-refractivity contribution is 0.565. The summed E-state index contributed by atoms with van der Waals surface area (Å²) >= 11 is 3.33. The minimum absolute atomic E-state index is 0.610. The van der Waals surface area contributed by atoms with Crippen LogP contribution in [0.5, 0.6) is 0 Å². The lowest BCUT2D eigenvalue weighted by Gasteiger charge is -2.01. The molecule has 0 radical (unpaired) electrons. The van der Waals surface area contributed by atoms with E-state index in [1.54, 1.807) is 16.9 Å². The summed E-state index contributed by atoms with van der Waals surface area (Å²) in [6, 6.07) is 7.40. The largest absolute Gasteiger partial charge is 0.267 e. The second-order valence-corrected chi connectivity index (χ2v) is 4.14. The Morgan fingerprint density at radius 2 is 2.38 bits per heavy atom. The van der Waals surface area contributed by atoms with Crippen molar-refractivity contribution >= 4 is 27.7 Å². The van der Waals surface area contributed by atoms with Crippen LogP contribution in [0.15, 0.2) is 46.1 Å². The summed E-state index contributed by atoms with van der Waals surface area (Å²) in [7, 11) is 0. The van der Waals surface area contributed by atoms with E-state index in [1.807, 2.05) is 24.4 Å². The molecule has 0 N–H and O–H groups in total. The van der Waals surface area contributed by atoms with Gasteiger partial charge in [-0.1, -0.05) is 12.1 Å². The summed E-state index contributed by atoms with van der Waals surface area (Å²) in [5.74, 6) is 0. The molecule has 0 atom stereocenters. The highest BCUT2D eigenvalue weighted by molar-refractivity contribution is 9.10. The van der Waals surface area contributed by atoms with Crippen molar-refractivity contribution in [2.45, 2.75) is 6.54 Å². The van der Waals surface area contributed by atoms with E-state index in [1.165, 1.54) is 6.08 Å². The van der Waals surface area contributed by atoms with E-state index in [0.29, 0.717) is 12.2 Å². The first kappa shape index (κ1) is 10.8. The van der Waals surface area contributed by atoms with Crippen LogP contribution in [-0.2, 0) is 11.3 Å². The number of hydrogen-bond donors (Lipinski definition) is 0. The number of rotatable bonds is 3. The molecule has 1 heterocycles. The van der Waals surface area contributed by atoms with E-state index >= 15 is 0 Å². The van der Waals surface area contributed by atoms with Gasteiger partial charge in [0, 0.05) is 6.20 Å². The Hall–Kier alpha value is -1.71. The van der Waals surface area contributed by atoms with Crippen LogP contribution in [0, 0.1) is 0 Å². The van der Waals surface area contributed by atoms with Crippen LogP contribution in [0.4, 0.5) is 5.69 Å². The fourth-order valence-electron chi connectivity index (χ4n) is 1.39. The van der Waals surface area contributed by atoms with Crippen molar-refractivity contribution in [3.63, 3.8) is 0 Å². The average Bonchev–Trinajstić information content (AvgIpc) is 2.65. The van der Waals surface area contributed by atoms with Gasteiger partial charge in [0.1, 0.15) is 0 Å². The van der Waals surface area contributed by atoms with Crippen LogP contribution >= 0.6 is 15.9 Å². The van der Waals surface area contributed by atoms with Gasteiger partial charge in [0.2, 0.25) is 6.08 Å². The predicted molar refractivity (Wildman–Crippen MR) is 63.3 cm³/mol. The molecular formula is C11H8BrN3O. The zero-order valence-electron chi connectivity index (χ0n) is 8.30. The number of aliphatic imine (C=N–C) groups is 1. The summed E-state index contributed by atoms with van der Waals surface area (Å²) in [6.07, 6.45) is 5.14. The molecule has 5 heteroatoms. The molecule has 1 aromatic heterocycles. The molecular weight excluding hydrogens is 270 g/mol. The fourth-order valence-corrected chi connectivity index (χ4v) is 1.72. The monoisotopic (exact) mass is 277 g/mol. The lowest BCUT2D eigenvalue weighted by atomic mass is 10.2. The van der Waals surface area contributed by atoms with E-state index < -0.39 is 0 Å². The first-order valence-electron chi connectivity index (χ1n) is 4.63. The van der Waals surface area contributed by atoms with Gasteiger partial charge in [0.15, 0.2) is 0 Å². The number of nitrogens with zero attached hydrogens (tertiary/aromatic N) is 3. The van der Waals surface area contributed by atoms with Crippen LogP contribution < -0.4 is 0 Å². The van der Waals surface area contributed by atoms with Crippen LogP contribution in [0.3, 0.4) is 0 Å². The molecule has 2 aromatic rings. The number of hydrogen-bond acceptors (Lipinski definition) is 3. The zero-order chi connectivity index (χ0) is 11.4. The molecule has 1 aromatic carbocycles. The summed E-state index contributed by atoms with van der Waals surface area (Å²) < 4.78 is 2.74. The van der Waals surface area contributed by atoms with Crippen LogP contribution in [0.25, 0.3) is 0 Å². The van der Waals surface area contributed by atoms with Crippen molar-refractivity contribution in [3.05, 3.63) is 46.7 Å². The highest BCUT2D eigenvalue weighted by Crippen LogP contribution is 2.15. The van der Waals surface area contributed by atoms with Gasteiger partial charge in [-0.15, -0.1) is 0 Å². The molecule has 0 saturated heterocycles. The smallest absolute Gasteiger partial charge is 0.240 e. The Labute approximate surface area is 101 Å². The SMILES string of the molecule is O=C=Nc1cccc(Cn2cc(Br)cn2)c1. The maximum atomic E-state index is 10.1. The minimum Gasteiger partial charge on any atom is -0.267 e. The summed E-state index contributed by atoms with van der Waals surface area (Å²) in [5.41, 5.74) is 1.64. The normalized spacial score (nSPS) is 9.81. The first-order valence-corrected chi connectivity index (χ1v) is 5.42. The van der Waals surface area contributed by atoms with Gasteiger partial charge in [-0.25, -0.2) is 4.79 Å².